The third kappa shape index (κ3) is 6.07. The minimum atomic E-state index is 0. The first-order valence-corrected chi connectivity index (χ1v) is 9.82. The van der Waals surface area contributed by atoms with Crippen molar-refractivity contribution in [3.63, 3.8) is 0 Å². The molecule has 27 heavy (non-hydrogen) atoms. The molecule has 5 nitrogen and oxygen atoms in total. The summed E-state index contributed by atoms with van der Waals surface area (Å²) >= 11 is 1.74. The fraction of sp³-hybridized carbons (Fsp3) is 0.300. The van der Waals surface area contributed by atoms with Crippen LogP contribution in [0.5, 0.6) is 0 Å². The third-order valence-electron chi connectivity index (χ3n) is 4.21. The number of nitrogens with one attached hydrogen (secondary N) is 2. The van der Waals surface area contributed by atoms with Crippen LogP contribution in [0.3, 0.4) is 0 Å². The molecule has 1 atom stereocenters. The average Bonchev–Trinajstić information content (AvgIpc) is 3.38. The van der Waals surface area contributed by atoms with Gasteiger partial charge in [0.05, 0.1) is 18.6 Å². The molecule has 3 aromatic rings. The van der Waals surface area contributed by atoms with E-state index in [9.17, 15) is 0 Å². The summed E-state index contributed by atoms with van der Waals surface area (Å²) in [4.78, 5) is 8.91. The highest BCUT2D eigenvalue weighted by molar-refractivity contribution is 14.0. The van der Waals surface area contributed by atoms with E-state index in [0.717, 1.165) is 30.3 Å². The summed E-state index contributed by atoms with van der Waals surface area (Å²) in [6, 6.07) is 10.5. The first kappa shape index (κ1) is 21.4. The second kappa shape index (κ2) is 11.1. The zero-order valence-electron chi connectivity index (χ0n) is 15.6. The number of para-hydroxylation sites is 1. The van der Waals surface area contributed by atoms with Crippen LogP contribution in [0.4, 0.5) is 0 Å². The minimum Gasteiger partial charge on any atom is -0.357 e. The molecule has 0 fully saturated rings. The van der Waals surface area contributed by atoms with Crippen molar-refractivity contribution >= 4 is 41.3 Å². The molecule has 2 aromatic heterocycles. The summed E-state index contributed by atoms with van der Waals surface area (Å²) in [5, 5.41) is 11.1. The molecule has 1 unspecified atom stereocenters. The van der Waals surface area contributed by atoms with Crippen molar-refractivity contribution in [3.05, 3.63) is 70.9 Å². The van der Waals surface area contributed by atoms with Crippen LogP contribution < -0.4 is 10.6 Å². The quantitative estimate of drug-likeness (QED) is 0.290. The molecule has 0 saturated carbocycles. The molecule has 0 aliphatic heterocycles. The number of aliphatic imine (C=N–C) groups is 1. The van der Waals surface area contributed by atoms with Gasteiger partial charge in [0, 0.05) is 25.5 Å². The van der Waals surface area contributed by atoms with Crippen molar-refractivity contribution in [1.29, 1.82) is 0 Å². The van der Waals surface area contributed by atoms with Crippen molar-refractivity contribution in [1.82, 2.24) is 20.2 Å². The number of imidazole rings is 1. The molecule has 0 aliphatic carbocycles. The predicted molar refractivity (Wildman–Crippen MR) is 125 cm³/mol. The Morgan fingerprint density at radius 1 is 1.26 bits per heavy atom. The van der Waals surface area contributed by atoms with Gasteiger partial charge >= 0.3 is 0 Å². The molecule has 0 aliphatic rings. The second-order valence-electron chi connectivity index (χ2n) is 6.13. The van der Waals surface area contributed by atoms with Gasteiger partial charge in [-0.1, -0.05) is 25.1 Å². The molecule has 7 heteroatoms. The molecule has 0 amide bonds. The molecule has 1 aromatic carbocycles. The lowest BCUT2D eigenvalue weighted by Gasteiger charge is -2.16. The molecule has 0 radical (unpaired) electrons. The topological polar surface area (TPSA) is 54.2 Å². The van der Waals surface area contributed by atoms with Crippen LogP contribution >= 0.6 is 35.3 Å². The Labute approximate surface area is 182 Å². The predicted octanol–water partition coefficient (Wildman–Crippen LogP) is 4.41. The van der Waals surface area contributed by atoms with E-state index >= 15 is 0 Å². The highest BCUT2D eigenvalue weighted by Gasteiger charge is 2.08. The maximum atomic E-state index is 4.77. The zero-order chi connectivity index (χ0) is 18.2. The van der Waals surface area contributed by atoms with Gasteiger partial charge in [0.25, 0.3) is 0 Å². The SMILES string of the molecule is CCNC(=NCc1ccccc1-n1ccnc1)NCC(C)c1ccsc1.I. The van der Waals surface area contributed by atoms with Gasteiger partial charge in [-0.25, -0.2) is 9.98 Å². The zero-order valence-corrected chi connectivity index (χ0v) is 18.8. The Bertz CT molecular complexity index is 815. The number of hydrogen-bond donors (Lipinski definition) is 2. The molecule has 3 rings (SSSR count). The lowest BCUT2D eigenvalue weighted by Crippen LogP contribution is -2.39. The van der Waals surface area contributed by atoms with E-state index < -0.39 is 0 Å². The van der Waals surface area contributed by atoms with Crippen LogP contribution in [0, 0.1) is 0 Å². The summed E-state index contributed by atoms with van der Waals surface area (Å²) in [5.41, 5.74) is 3.63. The highest BCUT2D eigenvalue weighted by atomic mass is 127. The van der Waals surface area contributed by atoms with Crippen molar-refractivity contribution in [3.8, 4) is 5.69 Å². The van der Waals surface area contributed by atoms with Crippen LogP contribution in [0.15, 0.2) is 64.8 Å². The number of aromatic nitrogens is 2. The van der Waals surface area contributed by atoms with Crippen LogP contribution in [0.1, 0.15) is 30.9 Å². The smallest absolute Gasteiger partial charge is 0.191 e. The largest absolute Gasteiger partial charge is 0.357 e. The van der Waals surface area contributed by atoms with E-state index in [1.54, 1.807) is 17.5 Å². The Hall–Kier alpha value is -1.87. The minimum absolute atomic E-state index is 0. The Morgan fingerprint density at radius 3 is 2.81 bits per heavy atom. The molecule has 144 valence electrons. The van der Waals surface area contributed by atoms with E-state index in [2.05, 4.69) is 58.4 Å². The fourth-order valence-electron chi connectivity index (χ4n) is 2.73. The summed E-state index contributed by atoms with van der Waals surface area (Å²) in [7, 11) is 0. The van der Waals surface area contributed by atoms with Crippen molar-refractivity contribution in [2.24, 2.45) is 4.99 Å². The first-order chi connectivity index (χ1) is 12.8. The van der Waals surface area contributed by atoms with Gasteiger partial charge in [-0.05, 0) is 46.9 Å². The van der Waals surface area contributed by atoms with Crippen LogP contribution in [-0.2, 0) is 6.54 Å². The first-order valence-electron chi connectivity index (χ1n) is 8.88. The number of halogens is 1. The van der Waals surface area contributed by atoms with Gasteiger partial charge in [-0.15, -0.1) is 24.0 Å². The summed E-state index contributed by atoms with van der Waals surface area (Å²) in [5.74, 6) is 1.29. The summed E-state index contributed by atoms with van der Waals surface area (Å²) in [6.07, 6.45) is 5.56. The lowest BCUT2D eigenvalue weighted by atomic mass is 10.1. The number of benzene rings is 1. The number of thiophene rings is 1. The van der Waals surface area contributed by atoms with Crippen molar-refractivity contribution in [2.45, 2.75) is 26.3 Å². The van der Waals surface area contributed by atoms with E-state index in [1.807, 2.05) is 29.2 Å². The standard InChI is InChI=1S/C20H25N5S.HI/c1-3-22-20(23-12-16(2)18-8-11-26-14-18)24-13-17-6-4-5-7-19(17)25-10-9-21-15-25;/h4-11,14-16H,3,12-13H2,1-2H3,(H2,22,23,24);1H. The Balaban J connectivity index is 0.00000261. The number of guanidine groups is 1. The Kier molecular flexibility index (Phi) is 8.80. The van der Waals surface area contributed by atoms with Gasteiger partial charge < -0.3 is 15.2 Å². The fourth-order valence-corrected chi connectivity index (χ4v) is 3.51. The maximum Gasteiger partial charge on any atom is 0.191 e. The van der Waals surface area contributed by atoms with Gasteiger partial charge in [-0.3, -0.25) is 0 Å². The van der Waals surface area contributed by atoms with Crippen LogP contribution in [0.25, 0.3) is 5.69 Å². The van der Waals surface area contributed by atoms with Gasteiger partial charge in [0.1, 0.15) is 0 Å². The Morgan fingerprint density at radius 2 is 2.11 bits per heavy atom. The maximum absolute atomic E-state index is 4.77. The average molecular weight is 495 g/mol. The third-order valence-corrected chi connectivity index (χ3v) is 4.92. The molecule has 0 bridgehead atoms. The second-order valence-corrected chi connectivity index (χ2v) is 6.91. The molecular formula is C20H26IN5S. The van der Waals surface area contributed by atoms with Crippen LogP contribution in [-0.4, -0.2) is 28.6 Å². The monoisotopic (exact) mass is 495 g/mol. The number of nitrogens with zero attached hydrogens (tertiary/aromatic N) is 3. The van der Waals surface area contributed by atoms with E-state index in [0.29, 0.717) is 12.5 Å². The van der Waals surface area contributed by atoms with Gasteiger partial charge in [0.15, 0.2) is 5.96 Å². The lowest BCUT2D eigenvalue weighted by molar-refractivity contribution is 0.701. The molecule has 2 heterocycles. The number of hydrogen-bond acceptors (Lipinski definition) is 3. The summed E-state index contributed by atoms with van der Waals surface area (Å²) < 4.78 is 2.02. The van der Waals surface area contributed by atoms with Gasteiger partial charge in [0.2, 0.25) is 0 Å². The molecular weight excluding hydrogens is 469 g/mol. The van der Waals surface area contributed by atoms with E-state index in [-0.39, 0.29) is 24.0 Å². The molecule has 2 N–H and O–H groups in total. The molecule has 0 spiro atoms. The van der Waals surface area contributed by atoms with E-state index in [4.69, 9.17) is 4.99 Å². The normalized spacial score (nSPS) is 12.3. The van der Waals surface area contributed by atoms with Crippen LogP contribution in [0.2, 0.25) is 0 Å². The van der Waals surface area contributed by atoms with Gasteiger partial charge in [-0.2, -0.15) is 11.3 Å². The molecule has 0 saturated heterocycles. The number of rotatable bonds is 7. The highest BCUT2D eigenvalue weighted by Crippen LogP contribution is 2.17. The van der Waals surface area contributed by atoms with Crippen molar-refractivity contribution in [2.75, 3.05) is 13.1 Å². The summed E-state index contributed by atoms with van der Waals surface area (Å²) in [6.45, 7) is 6.61. The van der Waals surface area contributed by atoms with Crippen molar-refractivity contribution < 1.29 is 0 Å². The van der Waals surface area contributed by atoms with E-state index in [1.165, 1.54) is 5.56 Å².